The molecule has 0 radical (unpaired) electrons. The van der Waals surface area contributed by atoms with Gasteiger partial charge in [0.15, 0.2) is 11.5 Å². The van der Waals surface area contributed by atoms with Gasteiger partial charge in [-0.1, -0.05) is 111 Å². The highest BCUT2D eigenvalue weighted by Crippen LogP contribution is 2.53. The van der Waals surface area contributed by atoms with Crippen molar-refractivity contribution in [3.8, 4) is 67.3 Å². The van der Waals surface area contributed by atoms with Crippen LogP contribution >= 0.6 is 0 Å². The summed E-state index contributed by atoms with van der Waals surface area (Å²) in [4.78, 5) is 18.4. The van der Waals surface area contributed by atoms with Crippen molar-refractivity contribution >= 4 is 5.69 Å². The molecule has 0 spiro atoms. The first-order chi connectivity index (χ1) is 23.0. The van der Waals surface area contributed by atoms with Crippen LogP contribution in [0.1, 0.15) is 25.0 Å². The van der Waals surface area contributed by atoms with Crippen molar-refractivity contribution < 1.29 is 0 Å². The Hall–Kier alpha value is -6.18. The van der Waals surface area contributed by atoms with Gasteiger partial charge in [0.05, 0.1) is 18.0 Å². The van der Waals surface area contributed by atoms with E-state index in [4.69, 9.17) is 16.5 Å². The predicted octanol–water partition coefficient (Wildman–Crippen LogP) is 11.1. The quantitative estimate of drug-likeness (QED) is 0.184. The third-order valence-corrected chi connectivity index (χ3v) is 9.18. The molecule has 0 bridgehead atoms. The van der Waals surface area contributed by atoms with Crippen molar-refractivity contribution in [1.29, 1.82) is 0 Å². The topological polar surface area (TPSA) is 43.0 Å². The molecule has 0 fully saturated rings. The minimum absolute atomic E-state index is 0.229. The first kappa shape index (κ1) is 28.3. The molecule has 1 aliphatic rings. The van der Waals surface area contributed by atoms with E-state index in [1.165, 1.54) is 11.1 Å². The van der Waals surface area contributed by atoms with E-state index in [9.17, 15) is 0 Å². The van der Waals surface area contributed by atoms with Crippen LogP contribution in [0.4, 0.5) is 5.69 Å². The molecule has 2 heterocycles. The van der Waals surface area contributed by atoms with Crippen LogP contribution in [-0.2, 0) is 5.41 Å². The molecule has 0 saturated carbocycles. The summed E-state index contributed by atoms with van der Waals surface area (Å²) in [6.07, 6.45) is 3.70. The smallest absolute Gasteiger partial charge is 0.195 e. The third-order valence-electron chi connectivity index (χ3n) is 9.18. The van der Waals surface area contributed by atoms with Gasteiger partial charge >= 0.3 is 0 Å². The molecule has 1 aliphatic carbocycles. The van der Waals surface area contributed by atoms with Crippen molar-refractivity contribution in [3.05, 3.63) is 168 Å². The number of fused-ring (bicyclic) bond motifs is 3. The average Bonchev–Trinajstić information content (AvgIpc) is 3.38. The highest BCUT2D eigenvalue weighted by molar-refractivity contribution is 5.92. The Kier molecular flexibility index (Phi) is 6.82. The maximum absolute atomic E-state index is 7.82. The SMILES string of the molecule is [C-]#[N+]c1cccc2c1-c1ccc(-c3cc(-c4cccnc4)cc(-c4cc(-c5ccccc5)nc(-c5ccccc5)n4)c3)cc1C2(C)C. The number of benzene rings is 5. The number of nitrogens with zero attached hydrogens (tertiary/aromatic N) is 4. The van der Waals surface area contributed by atoms with E-state index in [1.54, 1.807) is 6.20 Å². The highest BCUT2D eigenvalue weighted by Gasteiger charge is 2.36. The lowest BCUT2D eigenvalue weighted by atomic mass is 9.81. The summed E-state index contributed by atoms with van der Waals surface area (Å²) >= 11 is 0. The Morgan fingerprint density at radius 1 is 0.532 bits per heavy atom. The van der Waals surface area contributed by atoms with E-state index < -0.39 is 0 Å². The predicted molar refractivity (Wildman–Crippen MR) is 191 cm³/mol. The molecule has 0 atom stereocenters. The minimum Gasteiger partial charge on any atom is -0.264 e. The number of aromatic nitrogens is 3. The molecule has 2 aromatic heterocycles. The van der Waals surface area contributed by atoms with Crippen LogP contribution in [-0.4, -0.2) is 15.0 Å². The van der Waals surface area contributed by atoms with E-state index in [2.05, 4.69) is 103 Å². The summed E-state index contributed by atoms with van der Waals surface area (Å²) in [6.45, 7) is 12.3. The maximum atomic E-state index is 7.82. The summed E-state index contributed by atoms with van der Waals surface area (Å²) in [7, 11) is 0. The molecule has 222 valence electrons. The van der Waals surface area contributed by atoms with Crippen LogP contribution in [0.5, 0.6) is 0 Å². The molecule has 8 rings (SSSR count). The fraction of sp³-hybridized carbons (Fsp3) is 0.0698. The molecular formula is C43H30N4. The van der Waals surface area contributed by atoms with Gasteiger partial charge in [-0.05, 0) is 75.3 Å². The van der Waals surface area contributed by atoms with Gasteiger partial charge in [0, 0.05) is 40.1 Å². The van der Waals surface area contributed by atoms with Crippen LogP contribution in [0, 0.1) is 6.57 Å². The summed E-state index contributed by atoms with van der Waals surface area (Å²) in [6, 6.07) is 46.0. The van der Waals surface area contributed by atoms with Crippen LogP contribution in [0.3, 0.4) is 0 Å². The zero-order chi connectivity index (χ0) is 32.0. The molecule has 5 aromatic carbocycles. The van der Waals surface area contributed by atoms with E-state index in [-0.39, 0.29) is 5.41 Å². The second kappa shape index (κ2) is 11.3. The Labute approximate surface area is 274 Å². The lowest BCUT2D eigenvalue weighted by Gasteiger charge is -2.22. The standard InChI is InChI=1S/C43H30N4/c1-43(2)36-17-10-18-38(44-3)41(36)35-20-19-30(25-37(35)43)32-22-33(31-16-11-21-45-27-31)24-34(23-32)40-26-39(28-12-6-4-7-13-28)46-42(47-40)29-14-8-5-9-15-29/h4-27H,1-2H3. The largest absolute Gasteiger partial charge is 0.264 e. The minimum atomic E-state index is -0.229. The lowest BCUT2D eigenvalue weighted by molar-refractivity contribution is 0.661. The normalized spacial score (nSPS) is 12.6. The van der Waals surface area contributed by atoms with Crippen molar-refractivity contribution in [2.75, 3.05) is 0 Å². The summed E-state index contributed by atoms with van der Waals surface area (Å²) in [5.74, 6) is 0.683. The number of hydrogen-bond donors (Lipinski definition) is 0. The monoisotopic (exact) mass is 602 g/mol. The Morgan fingerprint density at radius 3 is 1.89 bits per heavy atom. The number of pyridine rings is 1. The van der Waals surface area contributed by atoms with Crippen molar-refractivity contribution in [3.63, 3.8) is 0 Å². The van der Waals surface area contributed by atoms with E-state index in [0.29, 0.717) is 11.5 Å². The van der Waals surface area contributed by atoms with Gasteiger partial charge in [0.1, 0.15) is 0 Å². The van der Waals surface area contributed by atoms with Gasteiger partial charge < -0.3 is 0 Å². The lowest BCUT2D eigenvalue weighted by Crippen LogP contribution is -2.14. The van der Waals surface area contributed by atoms with Gasteiger partial charge in [0.2, 0.25) is 0 Å². The van der Waals surface area contributed by atoms with Crippen molar-refractivity contribution in [2.45, 2.75) is 19.3 Å². The Balaban J connectivity index is 1.33. The van der Waals surface area contributed by atoms with E-state index >= 15 is 0 Å². The number of hydrogen-bond acceptors (Lipinski definition) is 3. The fourth-order valence-corrected chi connectivity index (χ4v) is 6.75. The summed E-state index contributed by atoms with van der Waals surface area (Å²) < 4.78 is 0. The third kappa shape index (κ3) is 4.99. The molecule has 47 heavy (non-hydrogen) atoms. The average molecular weight is 603 g/mol. The summed E-state index contributed by atoms with van der Waals surface area (Å²) in [5.41, 5.74) is 14.1. The molecular weight excluding hydrogens is 573 g/mol. The van der Waals surface area contributed by atoms with Gasteiger partial charge in [-0.2, -0.15) is 0 Å². The first-order valence-electron chi connectivity index (χ1n) is 15.7. The molecule has 4 nitrogen and oxygen atoms in total. The maximum Gasteiger partial charge on any atom is 0.195 e. The number of rotatable bonds is 5. The second-order valence-electron chi connectivity index (χ2n) is 12.4. The highest BCUT2D eigenvalue weighted by atomic mass is 14.9. The molecule has 4 heteroatoms. The van der Waals surface area contributed by atoms with Crippen LogP contribution in [0.25, 0.3) is 72.1 Å². The molecule has 0 unspecified atom stereocenters. The molecule has 7 aromatic rings. The Morgan fingerprint density at radius 2 is 1.19 bits per heavy atom. The second-order valence-corrected chi connectivity index (χ2v) is 12.4. The molecule has 0 aliphatic heterocycles. The van der Waals surface area contributed by atoms with Gasteiger partial charge in [-0.15, -0.1) is 0 Å². The van der Waals surface area contributed by atoms with Crippen LogP contribution < -0.4 is 0 Å². The first-order valence-corrected chi connectivity index (χ1v) is 15.7. The molecule has 0 saturated heterocycles. The van der Waals surface area contributed by atoms with Crippen molar-refractivity contribution in [2.24, 2.45) is 0 Å². The molecule has 0 amide bonds. The van der Waals surface area contributed by atoms with Crippen molar-refractivity contribution in [1.82, 2.24) is 15.0 Å². The molecule has 0 N–H and O–H groups in total. The Bertz CT molecular complexity index is 2260. The van der Waals surface area contributed by atoms with Crippen LogP contribution in [0.2, 0.25) is 0 Å². The van der Waals surface area contributed by atoms with E-state index in [1.807, 2.05) is 60.8 Å². The van der Waals surface area contributed by atoms with Gasteiger partial charge in [-0.3, -0.25) is 4.98 Å². The zero-order valence-electron chi connectivity index (χ0n) is 26.1. The zero-order valence-corrected chi connectivity index (χ0v) is 26.1. The fourth-order valence-electron chi connectivity index (χ4n) is 6.75. The van der Waals surface area contributed by atoms with Gasteiger partial charge in [0.25, 0.3) is 0 Å². The van der Waals surface area contributed by atoms with E-state index in [0.717, 1.165) is 61.5 Å². The van der Waals surface area contributed by atoms with Gasteiger partial charge in [-0.25, -0.2) is 14.8 Å². The van der Waals surface area contributed by atoms with Crippen LogP contribution in [0.15, 0.2) is 146 Å². The summed E-state index contributed by atoms with van der Waals surface area (Å²) in [5, 5.41) is 0.